The molecular formula is C11H26KNO. The van der Waals surface area contributed by atoms with Crippen LogP contribution in [0.2, 0.25) is 0 Å². The van der Waals surface area contributed by atoms with Crippen molar-refractivity contribution in [1.29, 1.82) is 0 Å². The standard InChI is InChI=1S/C11H25NO.K.H/c1-3-5-8-12(9-6-4-2)10-7-11-13;;/h13H,3-11H2,1-2H3;;. The first-order valence-corrected chi connectivity index (χ1v) is 5.68. The van der Waals surface area contributed by atoms with Crippen LogP contribution in [0, 0.1) is 0 Å². The molecule has 0 spiro atoms. The molecule has 3 heteroatoms. The molecule has 0 radical (unpaired) electrons. The molecule has 0 saturated carbocycles. The predicted octanol–water partition coefficient (Wildman–Crippen LogP) is 1.62. The summed E-state index contributed by atoms with van der Waals surface area (Å²) < 4.78 is 0. The first-order chi connectivity index (χ1) is 6.35. The molecule has 2 nitrogen and oxygen atoms in total. The molecule has 0 aliphatic heterocycles. The van der Waals surface area contributed by atoms with Crippen molar-refractivity contribution >= 4 is 51.4 Å². The second-order valence-corrected chi connectivity index (χ2v) is 3.63. The van der Waals surface area contributed by atoms with Crippen LogP contribution in [0.25, 0.3) is 0 Å². The molecule has 14 heavy (non-hydrogen) atoms. The number of rotatable bonds is 9. The summed E-state index contributed by atoms with van der Waals surface area (Å²) >= 11 is 0. The quantitative estimate of drug-likeness (QED) is 0.605. The zero-order chi connectivity index (χ0) is 9.94. The van der Waals surface area contributed by atoms with Crippen molar-refractivity contribution in [3.8, 4) is 0 Å². The van der Waals surface area contributed by atoms with Gasteiger partial charge in [0.05, 0.1) is 0 Å². The monoisotopic (exact) mass is 227 g/mol. The molecule has 0 atom stereocenters. The third-order valence-corrected chi connectivity index (χ3v) is 2.29. The summed E-state index contributed by atoms with van der Waals surface area (Å²) in [6, 6.07) is 0. The normalized spacial score (nSPS) is 10.3. The van der Waals surface area contributed by atoms with Crippen LogP contribution in [0.5, 0.6) is 0 Å². The summed E-state index contributed by atoms with van der Waals surface area (Å²) in [6.45, 7) is 8.26. The molecule has 0 fully saturated rings. The van der Waals surface area contributed by atoms with E-state index in [0.717, 1.165) is 13.0 Å². The van der Waals surface area contributed by atoms with Gasteiger partial charge in [-0.15, -0.1) is 0 Å². The molecule has 0 unspecified atom stereocenters. The summed E-state index contributed by atoms with van der Waals surface area (Å²) in [5.41, 5.74) is 0. The average molecular weight is 227 g/mol. The van der Waals surface area contributed by atoms with Crippen LogP contribution < -0.4 is 0 Å². The number of hydrogen-bond acceptors (Lipinski definition) is 2. The minimum atomic E-state index is 0. The molecule has 0 aromatic rings. The average Bonchev–Trinajstić information content (AvgIpc) is 2.17. The zero-order valence-corrected chi connectivity index (χ0v) is 9.26. The van der Waals surface area contributed by atoms with E-state index in [1.54, 1.807) is 0 Å². The van der Waals surface area contributed by atoms with E-state index in [9.17, 15) is 0 Å². The Hall–Kier alpha value is 1.56. The fraction of sp³-hybridized carbons (Fsp3) is 1.00. The minimum absolute atomic E-state index is 0. The van der Waals surface area contributed by atoms with Gasteiger partial charge in [-0.05, 0) is 32.4 Å². The van der Waals surface area contributed by atoms with Gasteiger partial charge in [0.1, 0.15) is 0 Å². The van der Waals surface area contributed by atoms with Gasteiger partial charge in [-0.3, -0.25) is 0 Å². The van der Waals surface area contributed by atoms with Gasteiger partial charge in [0.15, 0.2) is 0 Å². The van der Waals surface area contributed by atoms with E-state index in [0.29, 0.717) is 6.61 Å². The molecular weight excluding hydrogens is 201 g/mol. The Labute approximate surface area is 132 Å². The third kappa shape index (κ3) is 11.6. The predicted molar refractivity (Wildman–Crippen MR) is 65.1 cm³/mol. The van der Waals surface area contributed by atoms with Gasteiger partial charge >= 0.3 is 51.4 Å². The Morgan fingerprint density at radius 3 is 1.64 bits per heavy atom. The first-order valence-electron chi connectivity index (χ1n) is 5.68. The Bertz CT molecular complexity index is 82.3. The Morgan fingerprint density at radius 1 is 0.857 bits per heavy atom. The number of hydrogen-bond donors (Lipinski definition) is 1. The third-order valence-electron chi connectivity index (χ3n) is 2.29. The molecule has 0 rings (SSSR count). The van der Waals surface area contributed by atoms with Gasteiger partial charge in [0.2, 0.25) is 0 Å². The van der Waals surface area contributed by atoms with Gasteiger partial charge in [-0.25, -0.2) is 0 Å². The topological polar surface area (TPSA) is 23.5 Å². The Morgan fingerprint density at radius 2 is 1.29 bits per heavy atom. The molecule has 0 amide bonds. The molecule has 0 saturated heterocycles. The summed E-state index contributed by atoms with van der Waals surface area (Å²) in [4.78, 5) is 2.48. The van der Waals surface area contributed by atoms with Crippen LogP contribution in [0.15, 0.2) is 0 Å². The van der Waals surface area contributed by atoms with Crippen LogP contribution in [0.4, 0.5) is 0 Å². The van der Waals surface area contributed by atoms with E-state index in [1.165, 1.54) is 38.8 Å². The molecule has 0 aromatic carbocycles. The summed E-state index contributed by atoms with van der Waals surface area (Å²) in [6.07, 6.45) is 6.03. The molecule has 82 valence electrons. The molecule has 0 bridgehead atoms. The second-order valence-electron chi connectivity index (χ2n) is 3.63. The molecule has 0 aromatic heterocycles. The number of nitrogens with zero attached hydrogens (tertiary/aromatic N) is 1. The number of aliphatic hydroxyl groups excluding tert-OH is 1. The van der Waals surface area contributed by atoms with Crippen LogP contribution in [-0.2, 0) is 0 Å². The SMILES string of the molecule is CCCCN(CCCC)CCCO.[KH]. The Balaban J connectivity index is 0. The summed E-state index contributed by atoms with van der Waals surface area (Å²) in [5.74, 6) is 0. The van der Waals surface area contributed by atoms with Crippen LogP contribution in [0.3, 0.4) is 0 Å². The van der Waals surface area contributed by atoms with Crippen molar-refractivity contribution < 1.29 is 5.11 Å². The summed E-state index contributed by atoms with van der Waals surface area (Å²) in [7, 11) is 0. The van der Waals surface area contributed by atoms with E-state index >= 15 is 0 Å². The maximum absolute atomic E-state index is 8.74. The Kier molecular flexibility index (Phi) is 18.6. The molecule has 0 aliphatic rings. The van der Waals surface area contributed by atoms with Crippen LogP contribution in [0.1, 0.15) is 46.0 Å². The number of aliphatic hydroxyl groups is 1. The fourth-order valence-corrected chi connectivity index (χ4v) is 1.39. The van der Waals surface area contributed by atoms with Crippen LogP contribution in [-0.4, -0.2) is 87.6 Å². The van der Waals surface area contributed by atoms with Crippen molar-refractivity contribution in [2.75, 3.05) is 26.2 Å². The molecule has 0 heterocycles. The van der Waals surface area contributed by atoms with Crippen molar-refractivity contribution in [1.82, 2.24) is 4.90 Å². The van der Waals surface area contributed by atoms with Crippen LogP contribution >= 0.6 is 0 Å². The van der Waals surface area contributed by atoms with Gasteiger partial charge in [0.25, 0.3) is 0 Å². The van der Waals surface area contributed by atoms with E-state index < -0.39 is 0 Å². The van der Waals surface area contributed by atoms with E-state index in [-0.39, 0.29) is 51.4 Å². The van der Waals surface area contributed by atoms with Gasteiger partial charge in [0, 0.05) is 13.2 Å². The van der Waals surface area contributed by atoms with E-state index in [4.69, 9.17) is 5.11 Å². The van der Waals surface area contributed by atoms with Gasteiger partial charge < -0.3 is 10.0 Å². The van der Waals surface area contributed by atoms with E-state index in [1.807, 2.05) is 0 Å². The van der Waals surface area contributed by atoms with Crippen molar-refractivity contribution in [3.63, 3.8) is 0 Å². The zero-order valence-electron chi connectivity index (χ0n) is 9.26. The second kappa shape index (κ2) is 14.6. The van der Waals surface area contributed by atoms with Gasteiger partial charge in [-0.2, -0.15) is 0 Å². The molecule has 1 N–H and O–H groups in total. The summed E-state index contributed by atoms with van der Waals surface area (Å²) in [5, 5.41) is 8.74. The first kappa shape index (κ1) is 17.9. The van der Waals surface area contributed by atoms with Crippen molar-refractivity contribution in [2.45, 2.75) is 46.0 Å². The fourth-order valence-electron chi connectivity index (χ4n) is 1.39. The molecule has 0 aliphatic carbocycles. The van der Waals surface area contributed by atoms with Crippen molar-refractivity contribution in [3.05, 3.63) is 0 Å². The maximum atomic E-state index is 8.74. The van der Waals surface area contributed by atoms with Crippen molar-refractivity contribution in [2.24, 2.45) is 0 Å². The van der Waals surface area contributed by atoms with E-state index in [2.05, 4.69) is 18.7 Å². The number of unbranched alkanes of at least 4 members (excludes halogenated alkanes) is 2. The van der Waals surface area contributed by atoms with Gasteiger partial charge in [-0.1, -0.05) is 26.7 Å².